The monoisotopic (exact) mass is 401 g/mol. The van der Waals surface area contributed by atoms with Crippen molar-refractivity contribution in [1.29, 1.82) is 0 Å². The van der Waals surface area contributed by atoms with Crippen molar-refractivity contribution in [1.82, 2.24) is 4.31 Å². The number of rotatable bonds is 3. The number of amidine groups is 1. The van der Waals surface area contributed by atoms with Crippen molar-refractivity contribution in [2.75, 3.05) is 19.3 Å². The number of carbonyl (C=O) groups excluding carboxylic acids is 1. The standard InChI is InChI=1S/C15H19F2N6O3S/c1-27(25,26)22-7-5-9(6-8-22)13-20-15(18)23(19,21-13)14(24)12-10(16)3-2-4-11(12)17/h2-4,9H,5-8,19H2,1H3,(H2,18,20,21)/q+1. The second kappa shape index (κ2) is 6.71. The van der Waals surface area contributed by atoms with Gasteiger partial charge in [0.1, 0.15) is 11.6 Å². The molecule has 146 valence electrons. The number of aliphatic imine (C=N–C) groups is 1. The Morgan fingerprint density at radius 2 is 1.81 bits per heavy atom. The van der Waals surface area contributed by atoms with Crippen LogP contribution in [0.25, 0.3) is 0 Å². The number of halogens is 2. The van der Waals surface area contributed by atoms with E-state index in [0.29, 0.717) is 12.8 Å². The van der Waals surface area contributed by atoms with Crippen LogP contribution in [0.3, 0.4) is 0 Å². The van der Waals surface area contributed by atoms with Crippen LogP contribution in [0.5, 0.6) is 0 Å². The molecule has 27 heavy (non-hydrogen) atoms. The van der Waals surface area contributed by atoms with Gasteiger partial charge in [-0.3, -0.25) is 0 Å². The minimum absolute atomic E-state index is 0.160. The van der Waals surface area contributed by atoms with Crippen LogP contribution in [-0.4, -0.2) is 54.5 Å². The van der Waals surface area contributed by atoms with Crippen molar-refractivity contribution >= 4 is 27.7 Å². The first kappa shape index (κ1) is 19.5. The van der Waals surface area contributed by atoms with Gasteiger partial charge in [0, 0.05) is 23.7 Å². The Hall–Kier alpha value is -2.28. The van der Waals surface area contributed by atoms with Crippen LogP contribution in [0.2, 0.25) is 0 Å². The highest BCUT2D eigenvalue weighted by atomic mass is 32.2. The van der Waals surface area contributed by atoms with Crippen molar-refractivity contribution in [3.63, 3.8) is 0 Å². The lowest BCUT2D eigenvalue weighted by atomic mass is 9.97. The fourth-order valence-electron chi connectivity index (χ4n) is 3.07. The Labute approximate surface area is 154 Å². The molecule has 0 bridgehead atoms. The Morgan fingerprint density at radius 1 is 1.26 bits per heavy atom. The van der Waals surface area contributed by atoms with E-state index in [0.717, 1.165) is 24.5 Å². The van der Waals surface area contributed by atoms with Gasteiger partial charge in [0.15, 0.2) is 11.4 Å². The van der Waals surface area contributed by atoms with Crippen LogP contribution < -0.4 is 11.6 Å². The maximum Gasteiger partial charge on any atom is 0.405 e. The first-order valence-electron chi connectivity index (χ1n) is 8.10. The zero-order chi connectivity index (χ0) is 20.0. The van der Waals surface area contributed by atoms with Gasteiger partial charge in [-0.2, -0.15) is 4.99 Å². The SMILES string of the molecule is CS(=O)(=O)N1CCC(C2=N[N+](N)(C(=O)c3c(F)cccc3F)C(N)=N2)CC1. The van der Waals surface area contributed by atoms with E-state index in [-0.39, 0.29) is 24.8 Å². The Kier molecular flexibility index (Phi) is 4.84. The predicted octanol–water partition coefficient (Wildman–Crippen LogP) is 0.109. The summed E-state index contributed by atoms with van der Waals surface area (Å²) in [6.45, 7) is 0.525. The zero-order valence-corrected chi connectivity index (χ0v) is 15.3. The minimum atomic E-state index is -3.30. The van der Waals surface area contributed by atoms with Crippen LogP contribution in [0.15, 0.2) is 28.3 Å². The van der Waals surface area contributed by atoms with Gasteiger partial charge in [0.05, 0.1) is 6.26 Å². The van der Waals surface area contributed by atoms with Crippen molar-refractivity contribution in [2.45, 2.75) is 12.8 Å². The average Bonchev–Trinajstić information content (AvgIpc) is 2.90. The molecule has 2 aliphatic rings. The molecular weight excluding hydrogens is 382 g/mol. The summed E-state index contributed by atoms with van der Waals surface area (Å²) in [7, 11) is -3.30. The maximum absolute atomic E-state index is 13.9. The number of quaternary nitrogens is 1. The summed E-state index contributed by atoms with van der Waals surface area (Å²) in [6.07, 6.45) is 1.94. The van der Waals surface area contributed by atoms with Gasteiger partial charge >= 0.3 is 11.9 Å². The van der Waals surface area contributed by atoms with E-state index in [4.69, 9.17) is 11.6 Å². The number of hydrogen-bond donors (Lipinski definition) is 2. The topological polar surface area (TPSA) is 131 Å². The van der Waals surface area contributed by atoms with Crippen LogP contribution in [0.1, 0.15) is 23.2 Å². The van der Waals surface area contributed by atoms with Crippen LogP contribution in [-0.2, 0) is 10.0 Å². The molecule has 2 aliphatic heterocycles. The molecule has 1 amide bonds. The third-order valence-corrected chi connectivity index (χ3v) is 5.92. The number of piperidine rings is 1. The Balaban J connectivity index is 1.86. The van der Waals surface area contributed by atoms with Gasteiger partial charge in [-0.05, 0) is 30.1 Å². The van der Waals surface area contributed by atoms with Gasteiger partial charge < -0.3 is 5.73 Å². The molecule has 9 nitrogen and oxygen atoms in total. The molecular formula is C15H19F2N6O3S+. The normalized spacial score (nSPS) is 24.6. The molecule has 0 radical (unpaired) electrons. The molecule has 0 spiro atoms. The summed E-state index contributed by atoms with van der Waals surface area (Å²) in [4.78, 5) is 16.7. The fourth-order valence-corrected chi connectivity index (χ4v) is 3.94. The number of carbonyl (C=O) groups is 1. The molecule has 1 fully saturated rings. The molecule has 1 unspecified atom stereocenters. The molecule has 3 rings (SSSR count). The first-order chi connectivity index (χ1) is 12.5. The molecule has 0 aromatic heterocycles. The quantitative estimate of drug-likeness (QED) is 0.422. The number of nitrogens with zero attached hydrogens (tertiary/aromatic N) is 4. The van der Waals surface area contributed by atoms with Crippen molar-refractivity contribution in [3.05, 3.63) is 35.4 Å². The molecule has 12 heteroatoms. The first-order valence-corrected chi connectivity index (χ1v) is 9.95. The third-order valence-electron chi connectivity index (χ3n) is 4.61. The molecule has 1 saturated heterocycles. The second-order valence-corrected chi connectivity index (χ2v) is 8.43. The van der Waals surface area contributed by atoms with Gasteiger partial charge in [-0.1, -0.05) is 6.07 Å². The summed E-state index contributed by atoms with van der Waals surface area (Å²) in [6, 6.07) is 2.98. The third kappa shape index (κ3) is 3.48. The number of amides is 1. The van der Waals surface area contributed by atoms with Crippen molar-refractivity contribution in [3.8, 4) is 0 Å². The lowest BCUT2D eigenvalue weighted by Gasteiger charge is -2.28. The van der Waals surface area contributed by atoms with Crippen molar-refractivity contribution < 1.29 is 26.7 Å². The molecule has 1 aromatic carbocycles. The van der Waals surface area contributed by atoms with Crippen molar-refractivity contribution in [2.24, 2.45) is 27.6 Å². The summed E-state index contributed by atoms with van der Waals surface area (Å²) in [5.74, 6) is 2.04. The lowest BCUT2D eigenvalue weighted by molar-refractivity contribution is -0.775. The van der Waals surface area contributed by atoms with E-state index in [2.05, 4.69) is 10.1 Å². The van der Waals surface area contributed by atoms with Gasteiger partial charge in [0.2, 0.25) is 10.0 Å². The zero-order valence-electron chi connectivity index (χ0n) is 14.5. The number of guanidine groups is 1. The number of sulfonamides is 1. The Bertz CT molecular complexity index is 936. The van der Waals surface area contributed by atoms with Crippen LogP contribution in [0.4, 0.5) is 8.78 Å². The highest BCUT2D eigenvalue weighted by Crippen LogP contribution is 2.27. The predicted molar refractivity (Wildman–Crippen MR) is 93.3 cm³/mol. The average molecular weight is 401 g/mol. The number of nitrogens with two attached hydrogens (primary N) is 2. The van der Waals surface area contributed by atoms with Gasteiger partial charge in [0.25, 0.3) is 0 Å². The lowest BCUT2D eigenvalue weighted by Crippen LogP contribution is -2.60. The summed E-state index contributed by atoms with van der Waals surface area (Å²) in [5.41, 5.74) is 4.90. The summed E-state index contributed by atoms with van der Waals surface area (Å²) < 4.78 is 51.0. The maximum atomic E-state index is 13.9. The van der Waals surface area contributed by atoms with Crippen LogP contribution >= 0.6 is 0 Å². The van der Waals surface area contributed by atoms with Gasteiger partial charge in [-0.25, -0.2) is 26.3 Å². The molecule has 1 aromatic rings. The van der Waals surface area contributed by atoms with Crippen LogP contribution in [0, 0.1) is 17.6 Å². The minimum Gasteiger partial charge on any atom is -0.333 e. The van der Waals surface area contributed by atoms with E-state index in [1.54, 1.807) is 0 Å². The molecule has 2 heterocycles. The van der Waals surface area contributed by atoms with E-state index in [9.17, 15) is 22.0 Å². The fraction of sp³-hybridized carbons (Fsp3) is 0.400. The molecule has 0 aliphatic carbocycles. The second-order valence-electron chi connectivity index (χ2n) is 6.45. The van der Waals surface area contributed by atoms with E-state index >= 15 is 0 Å². The molecule has 4 N–H and O–H groups in total. The smallest absolute Gasteiger partial charge is 0.333 e. The highest BCUT2D eigenvalue weighted by molar-refractivity contribution is 7.88. The van der Waals surface area contributed by atoms with E-state index < -0.39 is 43.8 Å². The van der Waals surface area contributed by atoms with Gasteiger partial charge in [-0.15, -0.1) is 5.84 Å². The van der Waals surface area contributed by atoms with E-state index in [1.165, 1.54) is 4.31 Å². The summed E-state index contributed by atoms with van der Waals surface area (Å²) >= 11 is 0. The highest BCUT2D eigenvalue weighted by Gasteiger charge is 2.49. The summed E-state index contributed by atoms with van der Waals surface area (Å²) in [5, 5.41) is 4.02. The Morgan fingerprint density at radius 3 is 2.33 bits per heavy atom. The number of hydrogen-bond acceptors (Lipinski definition) is 7. The molecule has 1 atom stereocenters. The largest absolute Gasteiger partial charge is 0.405 e. The number of benzene rings is 1. The molecule has 0 saturated carbocycles. The van der Waals surface area contributed by atoms with E-state index in [1.807, 2.05) is 0 Å².